The minimum Gasteiger partial charge on any atom is -0.481 e. The summed E-state index contributed by atoms with van der Waals surface area (Å²) in [5.74, 6) is 0.292. The Morgan fingerprint density at radius 1 is 1.44 bits per heavy atom. The monoisotopic (exact) mass is 271 g/mol. The first-order valence-electron chi connectivity index (χ1n) is 5.46. The largest absolute Gasteiger partial charge is 0.481 e. The number of carboxylic acid groups (broad SMARTS) is 1. The third-order valence-corrected chi connectivity index (χ3v) is 3.02. The van der Waals surface area contributed by atoms with Crippen LogP contribution in [0.1, 0.15) is 30.2 Å². The van der Waals surface area contributed by atoms with Gasteiger partial charge < -0.3 is 14.8 Å². The number of thioether (sulfide) groups is 1. The lowest BCUT2D eigenvalue weighted by Crippen LogP contribution is -2.38. The minimum atomic E-state index is -0.996. The van der Waals surface area contributed by atoms with Crippen molar-refractivity contribution in [3.8, 4) is 0 Å². The second-order valence-electron chi connectivity index (χ2n) is 4.57. The molecule has 5 nitrogen and oxygen atoms in total. The number of hydrogen-bond donors (Lipinski definition) is 2. The summed E-state index contributed by atoms with van der Waals surface area (Å²) in [4.78, 5) is 22.6. The van der Waals surface area contributed by atoms with Gasteiger partial charge in [-0.15, -0.1) is 0 Å². The van der Waals surface area contributed by atoms with Crippen LogP contribution in [-0.2, 0) is 10.5 Å². The second kappa shape index (κ2) is 5.95. The number of nitrogens with one attached hydrogen (secondary N) is 1. The van der Waals surface area contributed by atoms with Crippen molar-refractivity contribution >= 4 is 23.6 Å². The highest BCUT2D eigenvalue weighted by atomic mass is 32.2. The molecule has 0 atom stereocenters. The minimum absolute atomic E-state index is 0.0553. The van der Waals surface area contributed by atoms with Crippen molar-refractivity contribution in [2.75, 3.05) is 12.8 Å². The number of hydrogen-bond acceptors (Lipinski definition) is 4. The molecule has 1 amide bonds. The fourth-order valence-corrected chi connectivity index (χ4v) is 1.62. The average Bonchev–Trinajstić information content (AvgIpc) is 2.75. The molecule has 0 radical (unpaired) electrons. The van der Waals surface area contributed by atoms with Crippen LogP contribution >= 0.6 is 11.8 Å². The summed E-state index contributed by atoms with van der Waals surface area (Å²) >= 11 is 1.60. The van der Waals surface area contributed by atoms with E-state index in [4.69, 9.17) is 9.52 Å². The molecule has 0 aliphatic rings. The Hall–Kier alpha value is -1.43. The molecule has 1 heterocycles. The Morgan fingerprint density at radius 2 is 2.11 bits per heavy atom. The Kier molecular flexibility index (Phi) is 4.84. The zero-order valence-corrected chi connectivity index (χ0v) is 11.5. The molecule has 0 saturated carbocycles. The van der Waals surface area contributed by atoms with Crippen LogP contribution in [0, 0.1) is 5.41 Å². The third-order valence-electron chi connectivity index (χ3n) is 2.44. The summed E-state index contributed by atoms with van der Waals surface area (Å²) < 4.78 is 5.33. The number of rotatable bonds is 6. The molecule has 1 aromatic heterocycles. The summed E-state index contributed by atoms with van der Waals surface area (Å²) in [5, 5.41) is 11.5. The van der Waals surface area contributed by atoms with Crippen LogP contribution in [0.3, 0.4) is 0 Å². The van der Waals surface area contributed by atoms with Crippen molar-refractivity contribution in [1.82, 2.24) is 5.32 Å². The van der Waals surface area contributed by atoms with Crippen LogP contribution in [0.25, 0.3) is 0 Å². The number of aliphatic carboxylic acids is 1. The van der Waals surface area contributed by atoms with Gasteiger partial charge in [0.15, 0.2) is 5.76 Å². The van der Waals surface area contributed by atoms with E-state index >= 15 is 0 Å². The lowest BCUT2D eigenvalue weighted by Gasteiger charge is -2.18. The quantitative estimate of drug-likeness (QED) is 0.827. The van der Waals surface area contributed by atoms with Crippen LogP contribution in [-0.4, -0.2) is 29.8 Å². The molecule has 0 saturated heterocycles. The molecule has 6 heteroatoms. The van der Waals surface area contributed by atoms with Gasteiger partial charge in [0.05, 0.1) is 11.2 Å². The maximum atomic E-state index is 11.7. The van der Waals surface area contributed by atoms with E-state index < -0.39 is 17.3 Å². The van der Waals surface area contributed by atoms with E-state index in [-0.39, 0.29) is 12.3 Å². The van der Waals surface area contributed by atoms with Gasteiger partial charge in [-0.2, -0.15) is 11.8 Å². The normalized spacial score (nSPS) is 11.3. The smallest absolute Gasteiger partial charge is 0.310 e. The van der Waals surface area contributed by atoms with E-state index in [9.17, 15) is 9.59 Å². The molecule has 0 fully saturated rings. The molecule has 0 aromatic carbocycles. The van der Waals surface area contributed by atoms with Gasteiger partial charge in [0, 0.05) is 6.54 Å². The predicted octanol–water partition coefficient (Wildman–Crippen LogP) is 1.98. The van der Waals surface area contributed by atoms with Crippen LogP contribution in [0.2, 0.25) is 0 Å². The molecule has 0 bridgehead atoms. The van der Waals surface area contributed by atoms with Crippen LogP contribution < -0.4 is 5.32 Å². The van der Waals surface area contributed by atoms with E-state index in [1.54, 1.807) is 37.7 Å². The molecular weight excluding hydrogens is 254 g/mol. The Bertz CT molecular complexity index is 439. The Labute approximate surface area is 110 Å². The number of amides is 1. The summed E-state index contributed by atoms with van der Waals surface area (Å²) in [6.45, 7) is 3.16. The number of furan rings is 1. The van der Waals surface area contributed by atoms with Crippen LogP contribution in [0.15, 0.2) is 16.5 Å². The van der Waals surface area contributed by atoms with Gasteiger partial charge in [-0.1, -0.05) is 0 Å². The molecule has 1 aromatic rings. The summed E-state index contributed by atoms with van der Waals surface area (Å²) in [6, 6.07) is 3.34. The van der Waals surface area contributed by atoms with Gasteiger partial charge in [0.1, 0.15) is 5.76 Å². The maximum absolute atomic E-state index is 11.7. The fraction of sp³-hybridized carbons (Fsp3) is 0.500. The average molecular weight is 271 g/mol. The SMILES string of the molecule is CSCc1ccc(C(=O)NCC(C)(C)C(=O)O)o1. The Balaban J connectivity index is 2.57. The lowest BCUT2D eigenvalue weighted by molar-refractivity contribution is -0.146. The lowest BCUT2D eigenvalue weighted by atomic mass is 9.94. The van der Waals surface area contributed by atoms with Crippen molar-refractivity contribution in [3.63, 3.8) is 0 Å². The molecule has 1 rings (SSSR count). The summed E-state index contributed by atoms with van der Waals surface area (Å²) in [6.07, 6.45) is 1.94. The molecule has 18 heavy (non-hydrogen) atoms. The summed E-state index contributed by atoms with van der Waals surface area (Å²) in [7, 11) is 0. The molecule has 0 unspecified atom stereocenters. The van der Waals surface area contributed by atoms with Crippen molar-refractivity contribution in [2.45, 2.75) is 19.6 Å². The molecule has 0 aliphatic heterocycles. The van der Waals surface area contributed by atoms with Gasteiger partial charge >= 0.3 is 5.97 Å². The predicted molar refractivity (Wildman–Crippen MR) is 69.7 cm³/mol. The standard InChI is InChI=1S/C12H17NO4S/c1-12(2,11(15)16)7-13-10(14)9-5-4-8(17-9)6-18-3/h4-5H,6-7H2,1-3H3,(H,13,14)(H,15,16). The third kappa shape index (κ3) is 3.80. The van der Waals surface area contributed by atoms with Crippen molar-refractivity contribution in [3.05, 3.63) is 23.7 Å². The van der Waals surface area contributed by atoms with E-state index in [2.05, 4.69) is 5.32 Å². The highest BCUT2D eigenvalue weighted by molar-refractivity contribution is 7.97. The number of carbonyl (C=O) groups excluding carboxylic acids is 1. The van der Waals surface area contributed by atoms with E-state index in [0.717, 1.165) is 5.76 Å². The van der Waals surface area contributed by atoms with E-state index in [1.807, 2.05) is 6.26 Å². The second-order valence-corrected chi connectivity index (χ2v) is 5.44. The first kappa shape index (κ1) is 14.6. The van der Waals surface area contributed by atoms with Gasteiger partial charge in [-0.3, -0.25) is 9.59 Å². The Morgan fingerprint density at radius 3 is 2.67 bits per heavy atom. The fourth-order valence-electron chi connectivity index (χ4n) is 1.18. The maximum Gasteiger partial charge on any atom is 0.310 e. The van der Waals surface area contributed by atoms with Crippen LogP contribution in [0.4, 0.5) is 0 Å². The summed E-state index contributed by atoms with van der Waals surface area (Å²) in [5.41, 5.74) is -0.996. The molecule has 2 N–H and O–H groups in total. The van der Waals surface area contributed by atoms with E-state index in [1.165, 1.54) is 0 Å². The molecule has 100 valence electrons. The number of carbonyl (C=O) groups is 2. The topological polar surface area (TPSA) is 79.5 Å². The number of carboxylic acids is 1. The van der Waals surface area contributed by atoms with Crippen molar-refractivity contribution < 1.29 is 19.1 Å². The molecule has 0 aliphatic carbocycles. The van der Waals surface area contributed by atoms with Crippen LogP contribution in [0.5, 0.6) is 0 Å². The van der Waals surface area contributed by atoms with Gasteiger partial charge in [0.25, 0.3) is 5.91 Å². The zero-order valence-electron chi connectivity index (χ0n) is 10.6. The highest BCUT2D eigenvalue weighted by Crippen LogP contribution is 2.15. The molecule has 0 spiro atoms. The van der Waals surface area contributed by atoms with Gasteiger partial charge in [-0.25, -0.2) is 0 Å². The van der Waals surface area contributed by atoms with Crippen molar-refractivity contribution in [1.29, 1.82) is 0 Å². The molecular formula is C12H17NO4S. The van der Waals surface area contributed by atoms with E-state index in [0.29, 0.717) is 5.75 Å². The first-order chi connectivity index (χ1) is 8.36. The van der Waals surface area contributed by atoms with Crippen molar-refractivity contribution in [2.24, 2.45) is 5.41 Å². The highest BCUT2D eigenvalue weighted by Gasteiger charge is 2.28. The van der Waals surface area contributed by atoms with Gasteiger partial charge in [-0.05, 0) is 32.2 Å². The van der Waals surface area contributed by atoms with Gasteiger partial charge in [0.2, 0.25) is 0 Å². The first-order valence-corrected chi connectivity index (χ1v) is 6.85. The zero-order chi connectivity index (χ0) is 13.8.